The van der Waals surface area contributed by atoms with Crippen LogP contribution >= 0.6 is 11.3 Å². The molecule has 0 aliphatic carbocycles. The van der Waals surface area contributed by atoms with Crippen molar-refractivity contribution in [3.8, 4) is 0 Å². The molecule has 5 nitrogen and oxygen atoms in total. The average Bonchev–Trinajstić information content (AvgIpc) is 2.79. The summed E-state index contributed by atoms with van der Waals surface area (Å²) in [6.07, 6.45) is 2.61. The van der Waals surface area contributed by atoms with Gasteiger partial charge in [0.05, 0.1) is 6.54 Å². The van der Waals surface area contributed by atoms with Crippen molar-refractivity contribution in [2.24, 2.45) is 0 Å². The van der Waals surface area contributed by atoms with Crippen LogP contribution in [0.3, 0.4) is 0 Å². The van der Waals surface area contributed by atoms with E-state index in [1.807, 2.05) is 19.1 Å². The van der Waals surface area contributed by atoms with Gasteiger partial charge in [-0.2, -0.15) is 0 Å². The number of nitrogens with one attached hydrogen (secondary N) is 1. The summed E-state index contributed by atoms with van der Waals surface area (Å²) in [5, 5.41) is 11.2. The molecule has 1 aromatic heterocycles. The van der Waals surface area contributed by atoms with Gasteiger partial charge in [-0.25, -0.2) is 4.79 Å². The quantitative estimate of drug-likeness (QED) is 0.735. The largest absolute Gasteiger partial charge is 0.478 e. The van der Waals surface area contributed by atoms with E-state index in [0.29, 0.717) is 13.2 Å². The van der Waals surface area contributed by atoms with Gasteiger partial charge in [0.25, 0.3) is 0 Å². The standard InChI is InChI=1S/C12H15NO4S/c1-2-17-8-11(14)13-7-10-4-3-9(18-10)5-6-12(15)16/h3-6H,2,7-8H2,1H3,(H,13,14)(H,15,16). The molecule has 0 radical (unpaired) electrons. The maximum absolute atomic E-state index is 11.3. The summed E-state index contributed by atoms with van der Waals surface area (Å²) in [4.78, 5) is 23.4. The number of rotatable bonds is 7. The van der Waals surface area contributed by atoms with Crippen molar-refractivity contribution in [2.45, 2.75) is 13.5 Å². The van der Waals surface area contributed by atoms with E-state index in [1.165, 1.54) is 17.4 Å². The van der Waals surface area contributed by atoms with E-state index < -0.39 is 5.97 Å². The number of carboxylic acid groups (broad SMARTS) is 1. The van der Waals surface area contributed by atoms with Crippen LogP contribution in [0.1, 0.15) is 16.7 Å². The van der Waals surface area contributed by atoms with Gasteiger partial charge in [-0.3, -0.25) is 4.79 Å². The molecule has 0 bridgehead atoms. The zero-order valence-electron chi connectivity index (χ0n) is 10.0. The first-order chi connectivity index (χ1) is 8.61. The summed E-state index contributed by atoms with van der Waals surface area (Å²) in [5.74, 6) is -1.14. The molecule has 6 heteroatoms. The van der Waals surface area contributed by atoms with Gasteiger partial charge in [-0.05, 0) is 25.1 Å². The minimum absolute atomic E-state index is 0.0631. The van der Waals surface area contributed by atoms with Crippen LogP contribution in [0.5, 0.6) is 0 Å². The summed E-state index contributed by atoms with van der Waals surface area (Å²) in [6, 6.07) is 3.67. The minimum Gasteiger partial charge on any atom is -0.478 e. The van der Waals surface area contributed by atoms with Crippen LogP contribution < -0.4 is 5.32 Å². The third-order valence-electron chi connectivity index (χ3n) is 1.97. The van der Waals surface area contributed by atoms with Gasteiger partial charge in [0, 0.05) is 22.4 Å². The zero-order chi connectivity index (χ0) is 13.4. The third-order valence-corrected chi connectivity index (χ3v) is 3.02. The highest BCUT2D eigenvalue weighted by Crippen LogP contribution is 2.17. The monoisotopic (exact) mass is 269 g/mol. The molecule has 1 heterocycles. The van der Waals surface area contributed by atoms with Crippen molar-refractivity contribution in [3.63, 3.8) is 0 Å². The molecule has 1 amide bonds. The van der Waals surface area contributed by atoms with E-state index in [1.54, 1.807) is 0 Å². The Kier molecular flexibility index (Phi) is 6.10. The fourth-order valence-electron chi connectivity index (χ4n) is 1.16. The molecule has 0 saturated carbocycles. The Morgan fingerprint density at radius 1 is 1.50 bits per heavy atom. The number of thiophene rings is 1. The van der Waals surface area contributed by atoms with Crippen LogP contribution in [0.25, 0.3) is 6.08 Å². The Hall–Kier alpha value is -1.66. The normalized spacial score (nSPS) is 10.7. The average molecular weight is 269 g/mol. The molecular weight excluding hydrogens is 254 g/mol. The van der Waals surface area contributed by atoms with Crippen LogP contribution in [0.4, 0.5) is 0 Å². The molecule has 98 valence electrons. The second-order valence-corrected chi connectivity index (χ2v) is 4.59. The topological polar surface area (TPSA) is 75.6 Å². The second kappa shape index (κ2) is 7.62. The number of ether oxygens (including phenoxy) is 1. The van der Waals surface area contributed by atoms with Gasteiger partial charge in [0.2, 0.25) is 5.91 Å². The second-order valence-electron chi connectivity index (χ2n) is 3.39. The lowest BCUT2D eigenvalue weighted by Crippen LogP contribution is -2.26. The highest BCUT2D eigenvalue weighted by Gasteiger charge is 2.02. The Bertz CT molecular complexity index is 439. The summed E-state index contributed by atoms with van der Waals surface area (Å²) < 4.78 is 4.97. The first-order valence-corrected chi connectivity index (χ1v) is 6.27. The highest BCUT2D eigenvalue weighted by molar-refractivity contribution is 7.12. The van der Waals surface area contributed by atoms with E-state index in [0.717, 1.165) is 15.8 Å². The van der Waals surface area contributed by atoms with Crippen molar-refractivity contribution in [1.82, 2.24) is 5.32 Å². The molecule has 0 atom stereocenters. The lowest BCUT2D eigenvalue weighted by molar-refractivity contribution is -0.131. The van der Waals surface area contributed by atoms with Gasteiger partial charge < -0.3 is 15.2 Å². The Morgan fingerprint density at radius 3 is 2.94 bits per heavy atom. The molecule has 0 saturated heterocycles. The first kappa shape index (κ1) is 14.4. The SMILES string of the molecule is CCOCC(=O)NCc1ccc(C=CC(=O)O)s1. The van der Waals surface area contributed by atoms with Crippen molar-refractivity contribution in [2.75, 3.05) is 13.2 Å². The molecule has 0 unspecified atom stereocenters. The molecule has 0 aliphatic rings. The maximum atomic E-state index is 11.3. The Labute approximate surface area is 109 Å². The Balaban J connectivity index is 2.39. The minimum atomic E-state index is -0.977. The molecule has 1 aromatic rings. The van der Waals surface area contributed by atoms with Gasteiger partial charge in [0.1, 0.15) is 6.61 Å². The van der Waals surface area contributed by atoms with Crippen LogP contribution in [0.15, 0.2) is 18.2 Å². The van der Waals surface area contributed by atoms with Crippen LogP contribution in [0.2, 0.25) is 0 Å². The molecule has 2 N–H and O–H groups in total. The van der Waals surface area contributed by atoms with E-state index >= 15 is 0 Å². The van der Waals surface area contributed by atoms with Crippen molar-refractivity contribution >= 4 is 29.3 Å². The van der Waals surface area contributed by atoms with Gasteiger partial charge >= 0.3 is 5.97 Å². The number of carbonyl (C=O) groups is 2. The number of carboxylic acids is 1. The fraction of sp³-hybridized carbons (Fsp3) is 0.333. The van der Waals surface area contributed by atoms with Crippen LogP contribution in [-0.4, -0.2) is 30.2 Å². The van der Waals surface area contributed by atoms with Crippen molar-refractivity contribution in [3.05, 3.63) is 28.0 Å². The van der Waals surface area contributed by atoms with Crippen molar-refractivity contribution in [1.29, 1.82) is 0 Å². The lowest BCUT2D eigenvalue weighted by Gasteiger charge is -2.02. The zero-order valence-corrected chi connectivity index (χ0v) is 10.8. The van der Waals surface area contributed by atoms with Gasteiger partial charge in [-0.15, -0.1) is 11.3 Å². The molecule has 0 fully saturated rings. The predicted molar refractivity (Wildman–Crippen MR) is 69.3 cm³/mol. The van der Waals surface area contributed by atoms with Crippen molar-refractivity contribution < 1.29 is 19.4 Å². The molecule has 0 spiro atoms. The molecule has 18 heavy (non-hydrogen) atoms. The predicted octanol–water partition coefficient (Wildman–Crippen LogP) is 1.50. The maximum Gasteiger partial charge on any atom is 0.328 e. The number of hydrogen-bond acceptors (Lipinski definition) is 4. The van der Waals surface area contributed by atoms with E-state index in [2.05, 4.69) is 5.32 Å². The smallest absolute Gasteiger partial charge is 0.328 e. The molecular formula is C12H15NO4S. The number of aliphatic carboxylic acids is 1. The van der Waals surface area contributed by atoms with E-state index in [4.69, 9.17) is 9.84 Å². The van der Waals surface area contributed by atoms with Gasteiger partial charge in [0.15, 0.2) is 0 Å². The van der Waals surface area contributed by atoms with E-state index in [-0.39, 0.29) is 12.5 Å². The third kappa shape index (κ3) is 5.60. The van der Waals surface area contributed by atoms with Crippen LogP contribution in [-0.2, 0) is 20.9 Å². The highest BCUT2D eigenvalue weighted by atomic mass is 32.1. The number of carbonyl (C=O) groups excluding carboxylic acids is 1. The van der Waals surface area contributed by atoms with E-state index in [9.17, 15) is 9.59 Å². The summed E-state index contributed by atoms with van der Waals surface area (Å²) in [7, 11) is 0. The lowest BCUT2D eigenvalue weighted by atomic mass is 10.4. The number of amides is 1. The Morgan fingerprint density at radius 2 is 2.28 bits per heavy atom. The molecule has 0 aliphatic heterocycles. The fourth-order valence-corrected chi connectivity index (χ4v) is 2.02. The first-order valence-electron chi connectivity index (χ1n) is 5.46. The summed E-state index contributed by atoms with van der Waals surface area (Å²) >= 11 is 1.44. The summed E-state index contributed by atoms with van der Waals surface area (Å²) in [5.41, 5.74) is 0. The summed E-state index contributed by atoms with van der Waals surface area (Å²) in [6.45, 7) is 2.83. The van der Waals surface area contributed by atoms with Gasteiger partial charge in [-0.1, -0.05) is 0 Å². The number of hydrogen-bond donors (Lipinski definition) is 2. The van der Waals surface area contributed by atoms with Crippen LogP contribution in [0, 0.1) is 0 Å². The molecule has 0 aromatic carbocycles. The molecule has 1 rings (SSSR count).